The maximum atomic E-state index is 11.2. The SMILES string of the molecule is CCCCc1nc(CCC(C)C)nn1Cc1ccc(-c2cccc(C(=O)O)c2)cc1. The van der Waals surface area contributed by atoms with Crippen LogP contribution in [0.2, 0.25) is 0 Å². The van der Waals surface area contributed by atoms with Crippen molar-refractivity contribution in [3.8, 4) is 11.1 Å². The summed E-state index contributed by atoms with van der Waals surface area (Å²) in [7, 11) is 0. The van der Waals surface area contributed by atoms with Crippen molar-refractivity contribution in [1.29, 1.82) is 0 Å². The fourth-order valence-electron chi connectivity index (χ4n) is 3.40. The molecule has 1 heterocycles. The molecule has 5 heteroatoms. The monoisotopic (exact) mass is 405 g/mol. The van der Waals surface area contributed by atoms with Crippen LogP contribution in [0.25, 0.3) is 11.1 Å². The summed E-state index contributed by atoms with van der Waals surface area (Å²) in [6.45, 7) is 7.34. The molecule has 5 nitrogen and oxygen atoms in total. The van der Waals surface area contributed by atoms with Gasteiger partial charge in [0.2, 0.25) is 0 Å². The second-order valence-corrected chi connectivity index (χ2v) is 8.22. The molecule has 0 radical (unpaired) electrons. The first-order valence-corrected chi connectivity index (χ1v) is 10.8. The van der Waals surface area contributed by atoms with Crippen LogP contribution in [0.5, 0.6) is 0 Å². The number of carbonyl (C=O) groups is 1. The number of hydrogen-bond acceptors (Lipinski definition) is 3. The van der Waals surface area contributed by atoms with Gasteiger partial charge in [-0.25, -0.2) is 14.5 Å². The van der Waals surface area contributed by atoms with Crippen LogP contribution in [0.3, 0.4) is 0 Å². The van der Waals surface area contributed by atoms with E-state index < -0.39 is 5.97 Å². The lowest BCUT2D eigenvalue weighted by Crippen LogP contribution is -2.07. The van der Waals surface area contributed by atoms with E-state index in [4.69, 9.17) is 10.1 Å². The third kappa shape index (κ3) is 5.78. The molecule has 3 rings (SSSR count). The predicted octanol–water partition coefficient (Wildman–Crippen LogP) is 5.62. The second kappa shape index (κ2) is 10.2. The van der Waals surface area contributed by atoms with Gasteiger partial charge in [-0.15, -0.1) is 0 Å². The highest BCUT2D eigenvalue weighted by atomic mass is 16.4. The number of hydrogen-bond donors (Lipinski definition) is 1. The predicted molar refractivity (Wildman–Crippen MR) is 120 cm³/mol. The number of aromatic nitrogens is 3. The molecular formula is C25H31N3O2. The Morgan fingerprint density at radius 2 is 1.83 bits per heavy atom. The molecule has 0 fully saturated rings. The van der Waals surface area contributed by atoms with Gasteiger partial charge in [-0.3, -0.25) is 0 Å². The maximum absolute atomic E-state index is 11.2. The molecule has 0 saturated carbocycles. The van der Waals surface area contributed by atoms with Gasteiger partial charge in [0.25, 0.3) is 0 Å². The third-order valence-corrected chi connectivity index (χ3v) is 5.22. The summed E-state index contributed by atoms with van der Waals surface area (Å²) >= 11 is 0. The Kier molecular flexibility index (Phi) is 7.39. The van der Waals surface area contributed by atoms with Gasteiger partial charge in [-0.2, -0.15) is 5.10 Å². The van der Waals surface area contributed by atoms with E-state index in [1.54, 1.807) is 18.2 Å². The van der Waals surface area contributed by atoms with Gasteiger partial charge < -0.3 is 5.11 Å². The number of nitrogens with zero attached hydrogens (tertiary/aromatic N) is 3. The van der Waals surface area contributed by atoms with Crippen molar-refractivity contribution in [3.63, 3.8) is 0 Å². The van der Waals surface area contributed by atoms with E-state index in [2.05, 4.69) is 32.9 Å². The molecule has 0 amide bonds. The number of unbranched alkanes of at least 4 members (excludes halogenated alkanes) is 1. The molecule has 0 bridgehead atoms. The van der Waals surface area contributed by atoms with Gasteiger partial charge in [-0.05, 0) is 47.6 Å². The van der Waals surface area contributed by atoms with Gasteiger partial charge in [-0.1, -0.05) is 63.6 Å². The fourth-order valence-corrected chi connectivity index (χ4v) is 3.40. The van der Waals surface area contributed by atoms with E-state index in [0.717, 1.165) is 60.4 Å². The summed E-state index contributed by atoms with van der Waals surface area (Å²) in [5.74, 6) is 1.74. The zero-order valence-corrected chi connectivity index (χ0v) is 18.1. The Bertz CT molecular complexity index is 974. The minimum atomic E-state index is -0.910. The molecule has 0 aliphatic carbocycles. The Labute approximate surface area is 178 Å². The molecule has 0 aliphatic rings. The summed E-state index contributed by atoms with van der Waals surface area (Å²) < 4.78 is 2.05. The van der Waals surface area contributed by atoms with Crippen LogP contribution in [0.4, 0.5) is 0 Å². The first kappa shape index (κ1) is 21.8. The van der Waals surface area contributed by atoms with Crippen LogP contribution in [0.1, 0.15) is 67.6 Å². The standard InChI is InChI=1S/C25H31N3O2/c1-4-5-9-24-26-23(15-10-18(2)3)27-28(24)17-19-11-13-20(14-12-19)21-7-6-8-22(16-21)25(29)30/h6-8,11-14,16,18H,4-5,9-10,15,17H2,1-3H3,(H,29,30). The molecule has 30 heavy (non-hydrogen) atoms. The highest BCUT2D eigenvalue weighted by Crippen LogP contribution is 2.22. The van der Waals surface area contributed by atoms with Crippen molar-refractivity contribution in [3.05, 3.63) is 71.3 Å². The van der Waals surface area contributed by atoms with E-state index in [1.807, 2.05) is 22.9 Å². The van der Waals surface area contributed by atoms with Crippen LogP contribution < -0.4 is 0 Å². The summed E-state index contributed by atoms with van der Waals surface area (Å²) in [5, 5.41) is 14.0. The molecule has 158 valence electrons. The lowest BCUT2D eigenvalue weighted by molar-refractivity contribution is 0.0697. The number of aromatic carboxylic acids is 1. The topological polar surface area (TPSA) is 68.0 Å². The molecule has 3 aromatic rings. The average molecular weight is 406 g/mol. The summed E-state index contributed by atoms with van der Waals surface area (Å²) in [6.07, 6.45) is 5.22. The van der Waals surface area contributed by atoms with Crippen molar-refractivity contribution in [2.45, 2.75) is 59.4 Å². The highest BCUT2D eigenvalue weighted by molar-refractivity contribution is 5.89. The number of benzene rings is 2. The Morgan fingerprint density at radius 3 is 2.50 bits per heavy atom. The number of carboxylic acid groups (broad SMARTS) is 1. The van der Waals surface area contributed by atoms with E-state index in [9.17, 15) is 9.90 Å². The van der Waals surface area contributed by atoms with Crippen LogP contribution in [-0.2, 0) is 19.4 Å². The Hall–Kier alpha value is -2.95. The minimum Gasteiger partial charge on any atom is -0.478 e. The largest absolute Gasteiger partial charge is 0.478 e. The lowest BCUT2D eigenvalue weighted by atomic mass is 10.0. The van der Waals surface area contributed by atoms with Crippen LogP contribution in [-0.4, -0.2) is 25.8 Å². The van der Waals surface area contributed by atoms with Gasteiger partial charge in [0.1, 0.15) is 5.82 Å². The number of carboxylic acids is 1. The van der Waals surface area contributed by atoms with Gasteiger partial charge in [0, 0.05) is 12.8 Å². The lowest BCUT2D eigenvalue weighted by Gasteiger charge is -2.08. The van der Waals surface area contributed by atoms with Crippen molar-refractivity contribution in [2.75, 3.05) is 0 Å². The molecular weight excluding hydrogens is 374 g/mol. The van der Waals surface area contributed by atoms with Crippen molar-refractivity contribution >= 4 is 5.97 Å². The zero-order chi connectivity index (χ0) is 21.5. The van der Waals surface area contributed by atoms with E-state index >= 15 is 0 Å². The Morgan fingerprint density at radius 1 is 1.07 bits per heavy atom. The van der Waals surface area contributed by atoms with Gasteiger partial charge >= 0.3 is 5.97 Å². The molecule has 0 saturated heterocycles. The molecule has 2 aromatic carbocycles. The first-order valence-electron chi connectivity index (χ1n) is 10.8. The normalized spacial score (nSPS) is 11.2. The maximum Gasteiger partial charge on any atom is 0.335 e. The number of rotatable bonds is 10. The molecule has 0 atom stereocenters. The first-order chi connectivity index (χ1) is 14.5. The van der Waals surface area contributed by atoms with Crippen LogP contribution in [0.15, 0.2) is 48.5 Å². The van der Waals surface area contributed by atoms with Crippen LogP contribution >= 0.6 is 0 Å². The molecule has 0 aliphatic heterocycles. The fraction of sp³-hybridized carbons (Fsp3) is 0.400. The molecule has 1 aromatic heterocycles. The summed E-state index contributed by atoms with van der Waals surface area (Å²) in [6, 6.07) is 15.3. The zero-order valence-electron chi connectivity index (χ0n) is 18.1. The van der Waals surface area contributed by atoms with E-state index in [1.165, 1.54) is 0 Å². The van der Waals surface area contributed by atoms with Crippen molar-refractivity contribution in [2.24, 2.45) is 5.92 Å². The molecule has 0 spiro atoms. The highest BCUT2D eigenvalue weighted by Gasteiger charge is 2.11. The summed E-state index contributed by atoms with van der Waals surface area (Å²) in [4.78, 5) is 16.0. The summed E-state index contributed by atoms with van der Waals surface area (Å²) in [5.41, 5.74) is 3.37. The number of aryl methyl sites for hydroxylation is 2. The van der Waals surface area contributed by atoms with Gasteiger partial charge in [0.15, 0.2) is 5.82 Å². The van der Waals surface area contributed by atoms with Crippen molar-refractivity contribution in [1.82, 2.24) is 14.8 Å². The minimum absolute atomic E-state index is 0.300. The Balaban J connectivity index is 1.77. The molecule has 0 unspecified atom stereocenters. The quantitative estimate of drug-likeness (QED) is 0.475. The van der Waals surface area contributed by atoms with E-state index in [-0.39, 0.29) is 0 Å². The second-order valence-electron chi connectivity index (χ2n) is 8.22. The van der Waals surface area contributed by atoms with Crippen LogP contribution in [0, 0.1) is 5.92 Å². The molecule has 1 N–H and O–H groups in total. The average Bonchev–Trinajstić information content (AvgIpc) is 3.13. The van der Waals surface area contributed by atoms with Crippen molar-refractivity contribution < 1.29 is 9.90 Å². The third-order valence-electron chi connectivity index (χ3n) is 5.22. The smallest absolute Gasteiger partial charge is 0.335 e. The van der Waals surface area contributed by atoms with Gasteiger partial charge in [0.05, 0.1) is 12.1 Å². The van der Waals surface area contributed by atoms with E-state index in [0.29, 0.717) is 18.0 Å².